The second kappa shape index (κ2) is 6.80. The summed E-state index contributed by atoms with van der Waals surface area (Å²) in [5, 5.41) is 9.65. The summed E-state index contributed by atoms with van der Waals surface area (Å²) in [5.41, 5.74) is 2.29. The molecule has 0 radical (unpaired) electrons. The van der Waals surface area contributed by atoms with E-state index in [2.05, 4.69) is 25.8 Å². The lowest BCUT2D eigenvalue weighted by Gasteiger charge is -2.27. The molecule has 0 aliphatic heterocycles. The van der Waals surface area contributed by atoms with Gasteiger partial charge in [-0.3, -0.25) is 9.88 Å². The van der Waals surface area contributed by atoms with Gasteiger partial charge >= 0.3 is 0 Å². The normalized spacial score (nSPS) is 12.6. The van der Waals surface area contributed by atoms with E-state index in [1.165, 1.54) is 5.56 Å². The van der Waals surface area contributed by atoms with Crippen molar-refractivity contribution in [3.8, 4) is 0 Å². The zero-order valence-corrected chi connectivity index (χ0v) is 12.4. The van der Waals surface area contributed by atoms with Gasteiger partial charge in [0.2, 0.25) is 0 Å². The first-order valence-electron chi connectivity index (χ1n) is 6.16. The molecule has 1 N–H and O–H groups in total. The highest BCUT2D eigenvalue weighted by Crippen LogP contribution is 2.23. The topological polar surface area (TPSA) is 36.4 Å². The van der Waals surface area contributed by atoms with Crippen LogP contribution < -0.4 is 0 Å². The maximum absolute atomic E-state index is 9.65. The van der Waals surface area contributed by atoms with Crippen molar-refractivity contribution in [1.82, 2.24) is 9.88 Å². The van der Waals surface area contributed by atoms with Crippen LogP contribution in [0.4, 0.5) is 0 Å². The summed E-state index contributed by atoms with van der Waals surface area (Å²) >= 11 is 3.47. The Kier molecular flexibility index (Phi) is 5.07. The maximum Gasteiger partial charge on any atom is 0.0628 e. The highest BCUT2D eigenvalue weighted by atomic mass is 79.9. The molecule has 0 unspecified atom stereocenters. The second-order valence-corrected chi connectivity index (χ2v) is 5.44. The summed E-state index contributed by atoms with van der Waals surface area (Å²) in [6.07, 6.45) is 3.58. The van der Waals surface area contributed by atoms with Crippen LogP contribution in [0, 0.1) is 0 Å². The van der Waals surface area contributed by atoms with E-state index in [0.717, 1.165) is 16.6 Å². The first-order chi connectivity index (χ1) is 9.20. The van der Waals surface area contributed by atoms with Crippen molar-refractivity contribution < 1.29 is 5.11 Å². The van der Waals surface area contributed by atoms with Crippen LogP contribution in [0.3, 0.4) is 0 Å². The van der Waals surface area contributed by atoms with Gasteiger partial charge in [-0.25, -0.2) is 0 Å². The summed E-state index contributed by atoms with van der Waals surface area (Å²) in [5.74, 6) is 0. The molecule has 2 rings (SSSR count). The Morgan fingerprint density at radius 3 is 2.63 bits per heavy atom. The van der Waals surface area contributed by atoms with Gasteiger partial charge in [-0.2, -0.15) is 0 Å². The van der Waals surface area contributed by atoms with Crippen LogP contribution in [0.5, 0.6) is 0 Å². The molecule has 1 aromatic heterocycles. The molecule has 0 saturated carbocycles. The lowest BCUT2D eigenvalue weighted by atomic mass is 10.1. The SMILES string of the molecule is CN(Cc1ccncc1)[C@@H](CO)c1cccc(Br)c1. The van der Waals surface area contributed by atoms with Gasteiger partial charge in [0.25, 0.3) is 0 Å². The number of pyridine rings is 1. The molecule has 100 valence electrons. The molecule has 3 nitrogen and oxygen atoms in total. The Bertz CT molecular complexity index is 519. The third-order valence-electron chi connectivity index (χ3n) is 3.12. The molecular formula is C15H17BrN2O. The minimum atomic E-state index is -0.00864. The maximum atomic E-state index is 9.65. The van der Waals surface area contributed by atoms with E-state index < -0.39 is 0 Å². The Labute approximate surface area is 122 Å². The van der Waals surface area contributed by atoms with E-state index in [4.69, 9.17) is 0 Å². The molecule has 4 heteroatoms. The summed E-state index contributed by atoms with van der Waals surface area (Å²) in [6.45, 7) is 0.873. The predicted molar refractivity (Wildman–Crippen MR) is 79.7 cm³/mol. The Morgan fingerprint density at radius 2 is 2.00 bits per heavy atom. The quantitative estimate of drug-likeness (QED) is 0.920. The number of rotatable bonds is 5. The van der Waals surface area contributed by atoms with Gasteiger partial charge in [-0.15, -0.1) is 0 Å². The summed E-state index contributed by atoms with van der Waals surface area (Å²) in [4.78, 5) is 6.15. The minimum Gasteiger partial charge on any atom is -0.394 e. The van der Waals surface area contributed by atoms with Crippen molar-refractivity contribution in [3.05, 3.63) is 64.4 Å². The second-order valence-electron chi connectivity index (χ2n) is 4.52. The van der Waals surface area contributed by atoms with Gasteiger partial charge in [0.15, 0.2) is 0 Å². The van der Waals surface area contributed by atoms with Gasteiger partial charge in [-0.1, -0.05) is 28.1 Å². The first kappa shape index (κ1) is 14.2. The Hall–Kier alpha value is -1.23. The zero-order valence-electron chi connectivity index (χ0n) is 10.8. The van der Waals surface area contributed by atoms with Crippen molar-refractivity contribution in [2.75, 3.05) is 13.7 Å². The molecule has 1 atom stereocenters. The third-order valence-corrected chi connectivity index (χ3v) is 3.61. The van der Waals surface area contributed by atoms with Crippen LogP contribution in [0.15, 0.2) is 53.3 Å². The van der Waals surface area contributed by atoms with Gasteiger partial charge in [0.1, 0.15) is 0 Å². The van der Waals surface area contributed by atoms with Crippen LogP contribution in [-0.4, -0.2) is 28.6 Å². The predicted octanol–water partition coefficient (Wildman–Crippen LogP) is 3.01. The monoisotopic (exact) mass is 320 g/mol. The highest BCUT2D eigenvalue weighted by molar-refractivity contribution is 9.10. The number of likely N-dealkylation sites (N-methyl/N-ethyl adjacent to an activating group) is 1. The summed E-state index contributed by atoms with van der Waals surface area (Å²) < 4.78 is 1.03. The number of halogens is 1. The number of nitrogens with zero attached hydrogens (tertiary/aromatic N) is 2. The fourth-order valence-electron chi connectivity index (χ4n) is 2.10. The van der Waals surface area contributed by atoms with Gasteiger partial charge in [-0.05, 0) is 42.4 Å². The first-order valence-corrected chi connectivity index (χ1v) is 6.95. The molecule has 0 spiro atoms. The third kappa shape index (κ3) is 3.86. The van der Waals surface area contributed by atoms with Crippen molar-refractivity contribution in [3.63, 3.8) is 0 Å². The molecule has 2 aromatic rings. The lowest BCUT2D eigenvalue weighted by Crippen LogP contribution is -2.26. The van der Waals surface area contributed by atoms with Gasteiger partial charge in [0, 0.05) is 23.4 Å². The van der Waals surface area contributed by atoms with E-state index in [0.29, 0.717) is 0 Å². The standard InChI is InChI=1S/C15H17BrN2O/c1-18(10-12-5-7-17-8-6-12)15(11-19)13-3-2-4-14(16)9-13/h2-9,15,19H,10-11H2,1H3/t15-/m0/s1. The van der Waals surface area contributed by atoms with Crippen molar-refractivity contribution in [1.29, 1.82) is 0 Å². The zero-order chi connectivity index (χ0) is 13.7. The smallest absolute Gasteiger partial charge is 0.0628 e. The summed E-state index contributed by atoms with van der Waals surface area (Å²) in [7, 11) is 2.02. The number of benzene rings is 1. The number of aromatic nitrogens is 1. The highest BCUT2D eigenvalue weighted by Gasteiger charge is 2.16. The molecule has 1 heterocycles. The van der Waals surface area contributed by atoms with Crippen molar-refractivity contribution >= 4 is 15.9 Å². The van der Waals surface area contributed by atoms with E-state index >= 15 is 0 Å². The number of hydrogen-bond acceptors (Lipinski definition) is 3. The number of hydrogen-bond donors (Lipinski definition) is 1. The fraction of sp³-hybridized carbons (Fsp3) is 0.267. The number of aliphatic hydroxyl groups excluding tert-OH is 1. The molecule has 0 bridgehead atoms. The van der Waals surface area contributed by atoms with Crippen LogP contribution in [0.1, 0.15) is 17.2 Å². The van der Waals surface area contributed by atoms with Crippen molar-refractivity contribution in [2.45, 2.75) is 12.6 Å². The molecular weight excluding hydrogens is 304 g/mol. The van der Waals surface area contributed by atoms with Crippen LogP contribution in [0.25, 0.3) is 0 Å². The van der Waals surface area contributed by atoms with E-state index in [-0.39, 0.29) is 12.6 Å². The molecule has 0 amide bonds. The van der Waals surface area contributed by atoms with E-state index in [1.807, 2.05) is 43.4 Å². The van der Waals surface area contributed by atoms with E-state index in [1.54, 1.807) is 12.4 Å². The van der Waals surface area contributed by atoms with Crippen LogP contribution in [-0.2, 0) is 6.54 Å². The number of aliphatic hydroxyl groups is 1. The van der Waals surface area contributed by atoms with Gasteiger partial charge < -0.3 is 5.11 Å². The van der Waals surface area contributed by atoms with Crippen LogP contribution >= 0.6 is 15.9 Å². The minimum absolute atomic E-state index is 0.00864. The molecule has 1 aromatic carbocycles. The molecule has 0 fully saturated rings. The van der Waals surface area contributed by atoms with Crippen molar-refractivity contribution in [2.24, 2.45) is 0 Å². The van der Waals surface area contributed by atoms with Gasteiger partial charge in [0.05, 0.1) is 12.6 Å². The lowest BCUT2D eigenvalue weighted by molar-refractivity contribution is 0.142. The molecule has 0 aliphatic rings. The largest absolute Gasteiger partial charge is 0.394 e. The molecule has 19 heavy (non-hydrogen) atoms. The molecule has 0 aliphatic carbocycles. The average Bonchev–Trinajstić information content (AvgIpc) is 2.41. The Balaban J connectivity index is 2.13. The Morgan fingerprint density at radius 1 is 1.26 bits per heavy atom. The van der Waals surface area contributed by atoms with Crippen LogP contribution in [0.2, 0.25) is 0 Å². The molecule has 0 saturated heterocycles. The van der Waals surface area contributed by atoms with E-state index in [9.17, 15) is 5.11 Å². The summed E-state index contributed by atoms with van der Waals surface area (Å²) in [6, 6.07) is 12.0. The average molecular weight is 321 g/mol. The fourth-order valence-corrected chi connectivity index (χ4v) is 2.52.